The summed E-state index contributed by atoms with van der Waals surface area (Å²) in [6.45, 7) is 6.00. The van der Waals surface area contributed by atoms with Crippen LogP contribution in [-0.2, 0) is 6.54 Å². The topological polar surface area (TPSA) is 56.1 Å². The van der Waals surface area contributed by atoms with Crippen LogP contribution in [0.4, 0.5) is 4.39 Å². The number of amides is 1. The number of aromatic nitrogens is 2. The monoisotopic (exact) mass is 415 g/mol. The molecule has 1 N–H and O–H groups in total. The van der Waals surface area contributed by atoms with Crippen molar-refractivity contribution in [3.8, 4) is 5.75 Å². The van der Waals surface area contributed by atoms with E-state index in [2.05, 4.69) is 10.4 Å². The van der Waals surface area contributed by atoms with Crippen LogP contribution in [0, 0.1) is 19.7 Å². The standard InChI is InChI=1S/C22H23ClFN3O2/c1-13-5-7-16(8-6-13)12-27-21(23)20(15(3)26-27)22(28)25-14(2)17-9-10-19(29-4)18(24)11-17/h5-11,14H,12H2,1-4H3,(H,25,28). The van der Waals surface area contributed by atoms with Gasteiger partial charge in [-0.25, -0.2) is 9.07 Å². The van der Waals surface area contributed by atoms with Crippen molar-refractivity contribution in [1.29, 1.82) is 0 Å². The quantitative estimate of drug-likeness (QED) is 0.626. The average Bonchev–Trinajstić information content (AvgIpc) is 2.96. The number of rotatable bonds is 6. The number of methoxy groups -OCH3 is 1. The third-order valence-electron chi connectivity index (χ3n) is 4.77. The van der Waals surface area contributed by atoms with Crippen molar-refractivity contribution in [2.45, 2.75) is 33.4 Å². The number of benzene rings is 2. The van der Waals surface area contributed by atoms with E-state index in [-0.39, 0.29) is 16.8 Å². The first-order valence-corrected chi connectivity index (χ1v) is 9.60. The summed E-state index contributed by atoms with van der Waals surface area (Å²) in [5.41, 5.74) is 3.68. The Bertz CT molecular complexity index is 1030. The van der Waals surface area contributed by atoms with Gasteiger partial charge >= 0.3 is 0 Å². The molecule has 0 fully saturated rings. The maximum atomic E-state index is 14.0. The van der Waals surface area contributed by atoms with E-state index < -0.39 is 11.9 Å². The Balaban J connectivity index is 1.77. The number of nitrogens with one attached hydrogen (secondary N) is 1. The first-order valence-electron chi connectivity index (χ1n) is 9.23. The highest BCUT2D eigenvalue weighted by Crippen LogP contribution is 2.24. The molecule has 1 aromatic heterocycles. The van der Waals surface area contributed by atoms with Gasteiger partial charge < -0.3 is 10.1 Å². The summed E-state index contributed by atoms with van der Waals surface area (Å²) in [4.78, 5) is 12.8. The zero-order valence-corrected chi connectivity index (χ0v) is 17.5. The molecule has 2 aromatic carbocycles. The van der Waals surface area contributed by atoms with E-state index in [1.807, 2.05) is 31.2 Å². The summed E-state index contributed by atoms with van der Waals surface area (Å²) in [6.07, 6.45) is 0. The third kappa shape index (κ3) is 4.59. The number of carbonyl (C=O) groups excluding carboxylic acids is 1. The molecule has 29 heavy (non-hydrogen) atoms. The summed E-state index contributed by atoms with van der Waals surface area (Å²) < 4.78 is 20.5. The van der Waals surface area contributed by atoms with Gasteiger partial charge in [0.25, 0.3) is 5.91 Å². The average molecular weight is 416 g/mol. The molecule has 7 heteroatoms. The lowest BCUT2D eigenvalue weighted by Crippen LogP contribution is -2.27. The van der Waals surface area contributed by atoms with E-state index in [0.29, 0.717) is 23.4 Å². The van der Waals surface area contributed by atoms with Crippen LogP contribution in [0.15, 0.2) is 42.5 Å². The van der Waals surface area contributed by atoms with Crippen molar-refractivity contribution < 1.29 is 13.9 Å². The van der Waals surface area contributed by atoms with Crippen LogP contribution in [0.5, 0.6) is 5.75 Å². The van der Waals surface area contributed by atoms with Crippen molar-refractivity contribution in [2.75, 3.05) is 7.11 Å². The van der Waals surface area contributed by atoms with Crippen LogP contribution < -0.4 is 10.1 Å². The van der Waals surface area contributed by atoms with E-state index in [1.54, 1.807) is 24.6 Å². The third-order valence-corrected chi connectivity index (χ3v) is 5.15. The Morgan fingerprint density at radius 2 is 1.93 bits per heavy atom. The van der Waals surface area contributed by atoms with Crippen molar-refractivity contribution in [1.82, 2.24) is 15.1 Å². The molecule has 0 saturated heterocycles. The van der Waals surface area contributed by atoms with Crippen LogP contribution in [0.25, 0.3) is 0 Å². The predicted octanol–water partition coefficient (Wildman–Crippen LogP) is 4.84. The number of hydrogen-bond acceptors (Lipinski definition) is 3. The first-order chi connectivity index (χ1) is 13.8. The Labute approximate surface area is 174 Å². The second-order valence-electron chi connectivity index (χ2n) is 6.98. The van der Waals surface area contributed by atoms with Crippen LogP contribution in [0.2, 0.25) is 5.15 Å². The molecule has 3 aromatic rings. The van der Waals surface area contributed by atoms with E-state index in [1.165, 1.54) is 24.8 Å². The Morgan fingerprint density at radius 3 is 2.55 bits per heavy atom. The van der Waals surface area contributed by atoms with Crippen molar-refractivity contribution >= 4 is 17.5 Å². The maximum Gasteiger partial charge on any atom is 0.256 e. The molecule has 5 nitrogen and oxygen atoms in total. The van der Waals surface area contributed by atoms with Gasteiger partial charge in [0.2, 0.25) is 0 Å². The van der Waals surface area contributed by atoms with Gasteiger partial charge in [-0.05, 0) is 44.0 Å². The molecule has 1 atom stereocenters. The van der Waals surface area contributed by atoms with Gasteiger partial charge in [0, 0.05) is 0 Å². The van der Waals surface area contributed by atoms with Gasteiger partial charge in [-0.15, -0.1) is 0 Å². The van der Waals surface area contributed by atoms with Gasteiger partial charge in [-0.2, -0.15) is 5.10 Å². The fourth-order valence-corrected chi connectivity index (χ4v) is 3.41. The highest BCUT2D eigenvalue weighted by molar-refractivity contribution is 6.33. The number of ether oxygens (including phenoxy) is 1. The number of nitrogens with zero attached hydrogens (tertiary/aromatic N) is 2. The lowest BCUT2D eigenvalue weighted by atomic mass is 10.1. The number of carbonyl (C=O) groups is 1. The fourth-order valence-electron chi connectivity index (χ4n) is 3.09. The smallest absolute Gasteiger partial charge is 0.256 e. The number of halogens is 2. The van der Waals surface area contributed by atoms with Crippen molar-refractivity contribution in [2.24, 2.45) is 0 Å². The van der Waals surface area contributed by atoms with Crippen molar-refractivity contribution in [3.63, 3.8) is 0 Å². The minimum atomic E-state index is -0.480. The van der Waals surface area contributed by atoms with Gasteiger partial charge in [-0.3, -0.25) is 4.79 Å². The molecule has 0 aliphatic carbocycles. The summed E-state index contributed by atoms with van der Waals surface area (Å²) in [5.74, 6) is -0.679. The largest absolute Gasteiger partial charge is 0.494 e. The molecule has 152 valence electrons. The molecule has 1 amide bonds. The van der Waals surface area contributed by atoms with E-state index in [4.69, 9.17) is 16.3 Å². The highest BCUT2D eigenvalue weighted by Gasteiger charge is 2.22. The lowest BCUT2D eigenvalue weighted by Gasteiger charge is -2.15. The summed E-state index contributed by atoms with van der Waals surface area (Å²) in [7, 11) is 1.41. The van der Waals surface area contributed by atoms with E-state index in [9.17, 15) is 9.18 Å². The molecule has 0 aliphatic rings. The summed E-state index contributed by atoms with van der Waals surface area (Å²) in [5, 5.41) is 7.54. The Morgan fingerprint density at radius 1 is 1.24 bits per heavy atom. The van der Waals surface area contributed by atoms with Crippen LogP contribution >= 0.6 is 11.6 Å². The van der Waals surface area contributed by atoms with Gasteiger partial charge in [0.05, 0.1) is 31.0 Å². The second kappa shape index (κ2) is 8.66. The molecular weight excluding hydrogens is 393 g/mol. The number of hydrogen-bond donors (Lipinski definition) is 1. The molecule has 0 bridgehead atoms. The van der Waals surface area contributed by atoms with Gasteiger partial charge in [-0.1, -0.05) is 47.5 Å². The lowest BCUT2D eigenvalue weighted by molar-refractivity contribution is 0.0939. The van der Waals surface area contributed by atoms with E-state index >= 15 is 0 Å². The SMILES string of the molecule is COc1ccc(C(C)NC(=O)c2c(C)nn(Cc3ccc(C)cc3)c2Cl)cc1F. The van der Waals surface area contributed by atoms with Crippen LogP contribution in [-0.4, -0.2) is 22.8 Å². The zero-order chi connectivity index (χ0) is 21.1. The minimum Gasteiger partial charge on any atom is -0.494 e. The first kappa shape index (κ1) is 20.9. The van der Waals surface area contributed by atoms with Crippen LogP contribution in [0.3, 0.4) is 0 Å². The number of aryl methyl sites for hydroxylation is 2. The predicted molar refractivity (Wildman–Crippen MR) is 111 cm³/mol. The molecule has 1 unspecified atom stereocenters. The fraction of sp³-hybridized carbons (Fsp3) is 0.273. The van der Waals surface area contributed by atoms with Gasteiger partial charge in [0.15, 0.2) is 11.6 Å². The molecule has 0 aliphatic heterocycles. The highest BCUT2D eigenvalue weighted by atomic mass is 35.5. The molecular formula is C22H23ClFN3O2. The van der Waals surface area contributed by atoms with Gasteiger partial charge in [0.1, 0.15) is 5.15 Å². The summed E-state index contributed by atoms with van der Waals surface area (Å²) in [6, 6.07) is 12.2. The second-order valence-corrected chi connectivity index (χ2v) is 7.34. The van der Waals surface area contributed by atoms with Crippen molar-refractivity contribution in [3.05, 3.63) is 81.4 Å². The summed E-state index contributed by atoms with van der Waals surface area (Å²) >= 11 is 6.46. The molecule has 0 spiro atoms. The minimum absolute atomic E-state index is 0.156. The molecule has 0 radical (unpaired) electrons. The van der Waals surface area contributed by atoms with Crippen LogP contribution in [0.1, 0.15) is 45.7 Å². The zero-order valence-electron chi connectivity index (χ0n) is 16.8. The maximum absolute atomic E-state index is 14.0. The molecule has 1 heterocycles. The Kier molecular flexibility index (Phi) is 6.23. The Hall–Kier alpha value is -2.86. The molecule has 0 saturated carbocycles. The van der Waals surface area contributed by atoms with E-state index in [0.717, 1.165) is 5.56 Å². The molecule has 3 rings (SSSR count). The normalized spacial score (nSPS) is 11.9.